The summed E-state index contributed by atoms with van der Waals surface area (Å²) in [6.45, 7) is 5.57. The molecule has 152 valence electrons. The topological polar surface area (TPSA) is 85.6 Å². The van der Waals surface area contributed by atoms with Crippen LogP contribution in [0.3, 0.4) is 0 Å². The molecule has 0 saturated heterocycles. The maximum absolute atomic E-state index is 11.6. The molecule has 7 nitrogen and oxygen atoms in total. The molecule has 4 saturated carbocycles. The van der Waals surface area contributed by atoms with Gasteiger partial charge in [0.15, 0.2) is 5.65 Å². The fraction of sp³-hybridized carbons (Fsp3) is 0.700. The molecule has 0 amide bonds. The molecular weight excluding hydrogens is 376 g/mol. The van der Waals surface area contributed by atoms with Crippen molar-refractivity contribution in [3.05, 3.63) is 17.8 Å². The molecule has 2 heterocycles. The summed E-state index contributed by atoms with van der Waals surface area (Å²) in [4.78, 5) is 0. The van der Waals surface area contributed by atoms with Crippen LogP contribution >= 0.6 is 0 Å². The standard InChI is InChI=1S/C20H28N4O3S/c1-20(2)14-7-6-13(16(20)8-14)11-27-17-9-18-21-22-19(23-28(3,25)26)24(18)10-15(17)12-4-5-12/h9-10,12-14,16H,4-8,11H2,1-3H3,(H,22,23)/t13-,14+,16?/m1/s1. The second kappa shape index (κ2) is 6.08. The van der Waals surface area contributed by atoms with Gasteiger partial charge in [-0.3, -0.25) is 9.12 Å². The zero-order valence-electron chi connectivity index (χ0n) is 16.7. The molecule has 4 aliphatic carbocycles. The smallest absolute Gasteiger partial charge is 0.242 e. The van der Waals surface area contributed by atoms with Gasteiger partial charge in [0, 0.05) is 17.8 Å². The number of hydrogen-bond donors (Lipinski definition) is 1. The lowest BCUT2D eigenvalue weighted by Crippen LogP contribution is -2.53. The Morgan fingerprint density at radius 2 is 2.04 bits per heavy atom. The molecule has 4 fully saturated rings. The lowest BCUT2D eigenvalue weighted by atomic mass is 9.46. The van der Waals surface area contributed by atoms with Crippen LogP contribution in [0, 0.1) is 23.2 Å². The highest BCUT2D eigenvalue weighted by molar-refractivity contribution is 7.91. The van der Waals surface area contributed by atoms with Gasteiger partial charge in [0.05, 0.1) is 12.9 Å². The van der Waals surface area contributed by atoms with Gasteiger partial charge in [-0.25, -0.2) is 8.42 Å². The first-order valence-electron chi connectivity index (χ1n) is 10.2. The molecule has 3 atom stereocenters. The van der Waals surface area contributed by atoms with Crippen LogP contribution in [0.15, 0.2) is 12.3 Å². The van der Waals surface area contributed by atoms with Crippen molar-refractivity contribution in [3.63, 3.8) is 0 Å². The van der Waals surface area contributed by atoms with Crippen molar-refractivity contribution >= 4 is 21.6 Å². The number of sulfonamides is 1. The predicted octanol–water partition coefficient (Wildman–Crippen LogP) is 3.43. The molecule has 1 unspecified atom stereocenters. The van der Waals surface area contributed by atoms with Gasteiger partial charge >= 0.3 is 0 Å². The van der Waals surface area contributed by atoms with E-state index in [1.54, 1.807) is 4.40 Å². The average Bonchev–Trinajstić information content (AvgIpc) is 3.41. The molecule has 1 N–H and O–H groups in total. The Balaban J connectivity index is 1.40. The SMILES string of the molecule is CC1(C)C2C[C@@H]1CC[C@@H]2COc1cc2nnc(NS(C)(=O)=O)n2cc1C1CC1. The summed E-state index contributed by atoms with van der Waals surface area (Å²) in [5.74, 6) is 3.85. The zero-order valence-corrected chi connectivity index (χ0v) is 17.5. The molecule has 8 heteroatoms. The predicted molar refractivity (Wildman–Crippen MR) is 107 cm³/mol. The van der Waals surface area contributed by atoms with Gasteiger partial charge in [-0.2, -0.15) is 0 Å². The highest BCUT2D eigenvalue weighted by Crippen LogP contribution is 2.61. The van der Waals surface area contributed by atoms with Crippen LogP contribution in [-0.2, 0) is 10.0 Å². The van der Waals surface area contributed by atoms with Crippen molar-refractivity contribution in [2.45, 2.75) is 51.9 Å². The van der Waals surface area contributed by atoms with Crippen molar-refractivity contribution < 1.29 is 13.2 Å². The van der Waals surface area contributed by atoms with E-state index in [1.807, 2.05) is 12.3 Å². The minimum absolute atomic E-state index is 0.223. The normalized spacial score (nSPS) is 28.8. The van der Waals surface area contributed by atoms with Gasteiger partial charge in [-0.05, 0) is 61.2 Å². The van der Waals surface area contributed by atoms with Crippen LogP contribution in [-0.4, -0.2) is 35.9 Å². The first kappa shape index (κ1) is 18.2. The van der Waals surface area contributed by atoms with E-state index in [9.17, 15) is 8.42 Å². The second-order valence-corrected chi connectivity index (χ2v) is 11.3. The minimum atomic E-state index is -3.41. The zero-order chi connectivity index (χ0) is 19.7. The van der Waals surface area contributed by atoms with Gasteiger partial charge in [0.2, 0.25) is 16.0 Å². The Morgan fingerprint density at radius 3 is 2.68 bits per heavy atom. The van der Waals surface area contributed by atoms with Crippen molar-refractivity contribution in [1.29, 1.82) is 0 Å². The summed E-state index contributed by atoms with van der Waals surface area (Å²) in [5, 5.41) is 8.13. The Kier molecular flexibility index (Phi) is 3.96. The maximum atomic E-state index is 11.6. The fourth-order valence-electron chi connectivity index (χ4n) is 5.35. The van der Waals surface area contributed by atoms with Crippen LogP contribution in [0.25, 0.3) is 5.65 Å². The van der Waals surface area contributed by atoms with Crippen LogP contribution in [0.5, 0.6) is 5.75 Å². The maximum Gasteiger partial charge on any atom is 0.242 e. The summed E-state index contributed by atoms with van der Waals surface area (Å²) in [6.07, 6.45) is 9.26. The van der Waals surface area contributed by atoms with Crippen LogP contribution < -0.4 is 9.46 Å². The van der Waals surface area contributed by atoms with Crippen LogP contribution in [0.1, 0.15) is 57.4 Å². The first-order chi connectivity index (χ1) is 13.2. The summed E-state index contributed by atoms with van der Waals surface area (Å²) in [6, 6.07) is 1.91. The number of hydrogen-bond acceptors (Lipinski definition) is 5. The number of aromatic nitrogens is 3. The van der Waals surface area contributed by atoms with Crippen molar-refractivity contribution in [2.24, 2.45) is 23.2 Å². The van der Waals surface area contributed by atoms with E-state index in [0.29, 0.717) is 22.9 Å². The van der Waals surface area contributed by atoms with Gasteiger partial charge in [-0.1, -0.05) is 13.8 Å². The summed E-state index contributed by atoms with van der Waals surface area (Å²) >= 11 is 0. The molecule has 0 radical (unpaired) electrons. The molecule has 4 aliphatic rings. The third-order valence-corrected chi connectivity index (χ3v) is 7.84. The van der Waals surface area contributed by atoms with Crippen molar-refractivity contribution in [1.82, 2.24) is 14.6 Å². The fourth-order valence-corrected chi connectivity index (χ4v) is 5.82. The van der Waals surface area contributed by atoms with Gasteiger partial charge in [0.1, 0.15) is 5.75 Å². The molecule has 0 aromatic carbocycles. The van der Waals surface area contributed by atoms with E-state index in [4.69, 9.17) is 4.74 Å². The molecule has 2 bridgehead atoms. The minimum Gasteiger partial charge on any atom is -0.493 e. The Hall–Kier alpha value is -1.83. The molecule has 0 aliphatic heterocycles. The highest BCUT2D eigenvalue weighted by atomic mass is 32.2. The van der Waals surface area contributed by atoms with E-state index in [0.717, 1.165) is 48.9 Å². The number of ether oxygens (including phenoxy) is 1. The third kappa shape index (κ3) is 3.06. The largest absolute Gasteiger partial charge is 0.493 e. The molecule has 28 heavy (non-hydrogen) atoms. The number of fused-ring (bicyclic) bond motifs is 3. The van der Waals surface area contributed by atoms with Crippen LogP contribution in [0.4, 0.5) is 5.95 Å². The number of nitrogens with one attached hydrogen (secondary N) is 1. The van der Waals surface area contributed by atoms with E-state index >= 15 is 0 Å². The summed E-state index contributed by atoms with van der Waals surface area (Å²) in [5.41, 5.74) is 2.18. The average molecular weight is 405 g/mol. The highest BCUT2D eigenvalue weighted by Gasteiger charge is 2.54. The van der Waals surface area contributed by atoms with E-state index in [-0.39, 0.29) is 5.95 Å². The number of pyridine rings is 1. The molecule has 2 aromatic heterocycles. The molecule has 6 rings (SSSR count). The van der Waals surface area contributed by atoms with Gasteiger partial charge < -0.3 is 4.74 Å². The van der Waals surface area contributed by atoms with Gasteiger partial charge in [-0.15, -0.1) is 10.2 Å². The Morgan fingerprint density at radius 1 is 1.25 bits per heavy atom. The third-order valence-electron chi connectivity index (χ3n) is 7.28. The molecule has 2 aromatic rings. The van der Waals surface area contributed by atoms with Crippen molar-refractivity contribution in [3.8, 4) is 5.75 Å². The number of nitrogens with zero attached hydrogens (tertiary/aromatic N) is 3. The Labute approximate surface area is 165 Å². The van der Waals surface area contributed by atoms with E-state index in [1.165, 1.54) is 19.3 Å². The summed E-state index contributed by atoms with van der Waals surface area (Å²) < 4.78 is 33.7. The number of anilines is 1. The van der Waals surface area contributed by atoms with E-state index < -0.39 is 10.0 Å². The number of rotatable bonds is 6. The first-order valence-corrected chi connectivity index (χ1v) is 12.1. The quantitative estimate of drug-likeness (QED) is 0.797. The van der Waals surface area contributed by atoms with E-state index in [2.05, 4.69) is 28.8 Å². The monoisotopic (exact) mass is 404 g/mol. The molecule has 0 spiro atoms. The second-order valence-electron chi connectivity index (χ2n) is 9.50. The Bertz CT molecular complexity index is 1020. The van der Waals surface area contributed by atoms with Crippen LogP contribution in [0.2, 0.25) is 0 Å². The molecular formula is C20H28N4O3S. The lowest BCUT2D eigenvalue weighted by Gasteiger charge is -2.60. The lowest BCUT2D eigenvalue weighted by molar-refractivity contribution is -0.114. The van der Waals surface area contributed by atoms with Crippen molar-refractivity contribution in [2.75, 3.05) is 17.6 Å². The summed E-state index contributed by atoms with van der Waals surface area (Å²) in [7, 11) is -3.41. The van der Waals surface area contributed by atoms with Gasteiger partial charge in [0.25, 0.3) is 0 Å².